The molecule has 0 radical (unpaired) electrons. The molecule has 2 amide bonds. The lowest BCUT2D eigenvalue weighted by Gasteiger charge is -2.08. The molecule has 0 aliphatic carbocycles. The minimum Gasteiger partial charge on any atom is -0.507 e. The number of nitrogens with zero attached hydrogens (tertiary/aromatic N) is 1. The molecule has 164 valence electrons. The van der Waals surface area contributed by atoms with Crippen molar-refractivity contribution >= 4 is 45.6 Å². The largest absolute Gasteiger partial charge is 0.507 e. The predicted molar refractivity (Wildman–Crippen MR) is 131 cm³/mol. The highest BCUT2D eigenvalue weighted by molar-refractivity contribution is 6.30. The number of phenolic OH excluding ortho intramolecular Hbond substituents is 1. The number of carbonyl (C=O) groups is 2. The first-order valence-corrected chi connectivity index (χ1v) is 10.5. The first-order valence-electron chi connectivity index (χ1n) is 10.1. The van der Waals surface area contributed by atoms with Crippen molar-refractivity contribution in [3.05, 3.63) is 107 Å². The summed E-state index contributed by atoms with van der Waals surface area (Å²) in [5.41, 5.74) is 5.09. The van der Waals surface area contributed by atoms with Gasteiger partial charge in [0.05, 0.1) is 11.3 Å². The van der Waals surface area contributed by atoms with E-state index in [-0.39, 0.29) is 17.2 Å². The van der Waals surface area contributed by atoms with E-state index in [2.05, 4.69) is 15.8 Å². The van der Waals surface area contributed by atoms with Crippen molar-refractivity contribution in [3.8, 4) is 5.75 Å². The zero-order valence-electron chi connectivity index (χ0n) is 17.7. The van der Waals surface area contributed by atoms with E-state index in [1.54, 1.807) is 67.6 Å². The van der Waals surface area contributed by atoms with Gasteiger partial charge in [0.2, 0.25) is 0 Å². The number of rotatable bonds is 5. The molecule has 0 aromatic heterocycles. The summed E-state index contributed by atoms with van der Waals surface area (Å²) >= 11 is 5.85. The number of halogens is 1. The van der Waals surface area contributed by atoms with Gasteiger partial charge in [0.15, 0.2) is 0 Å². The molecule has 0 fully saturated rings. The molecule has 33 heavy (non-hydrogen) atoms. The van der Waals surface area contributed by atoms with Crippen molar-refractivity contribution in [2.75, 3.05) is 5.32 Å². The quantitative estimate of drug-likeness (QED) is 0.269. The van der Waals surface area contributed by atoms with Gasteiger partial charge in [-0.1, -0.05) is 48.0 Å². The molecule has 4 aromatic carbocycles. The van der Waals surface area contributed by atoms with Crippen molar-refractivity contribution < 1.29 is 14.7 Å². The molecular weight excluding hydrogens is 438 g/mol. The number of benzene rings is 4. The van der Waals surface area contributed by atoms with Crippen LogP contribution in [0.25, 0.3) is 10.8 Å². The van der Waals surface area contributed by atoms with Gasteiger partial charge < -0.3 is 10.4 Å². The summed E-state index contributed by atoms with van der Waals surface area (Å²) in [6.45, 7) is 1.75. The van der Waals surface area contributed by atoms with Crippen molar-refractivity contribution in [1.82, 2.24) is 5.43 Å². The summed E-state index contributed by atoms with van der Waals surface area (Å²) in [5.74, 6) is -0.864. The lowest BCUT2D eigenvalue weighted by Crippen LogP contribution is -2.19. The van der Waals surface area contributed by atoms with E-state index >= 15 is 0 Å². The summed E-state index contributed by atoms with van der Waals surface area (Å²) in [4.78, 5) is 24.9. The molecule has 4 rings (SSSR count). The van der Waals surface area contributed by atoms with Crippen LogP contribution >= 0.6 is 11.6 Å². The summed E-state index contributed by atoms with van der Waals surface area (Å²) in [6, 6.07) is 24.3. The first-order chi connectivity index (χ1) is 15.9. The molecule has 0 aliphatic rings. The predicted octanol–water partition coefficient (Wildman–Crippen LogP) is 5.61. The van der Waals surface area contributed by atoms with E-state index in [4.69, 9.17) is 11.6 Å². The minimum atomic E-state index is -0.510. The molecule has 3 N–H and O–H groups in total. The van der Waals surface area contributed by atoms with Crippen LogP contribution in [0.5, 0.6) is 5.75 Å². The second-order valence-corrected chi connectivity index (χ2v) is 7.83. The van der Waals surface area contributed by atoms with Crippen LogP contribution in [0.3, 0.4) is 0 Å². The number of hydrogen-bond donors (Lipinski definition) is 3. The van der Waals surface area contributed by atoms with E-state index in [1.807, 2.05) is 24.3 Å². The Morgan fingerprint density at radius 3 is 2.09 bits per heavy atom. The highest BCUT2D eigenvalue weighted by atomic mass is 35.5. The van der Waals surface area contributed by atoms with Gasteiger partial charge in [-0.05, 0) is 71.8 Å². The van der Waals surface area contributed by atoms with Gasteiger partial charge in [0, 0.05) is 16.3 Å². The number of anilines is 1. The molecule has 4 aromatic rings. The van der Waals surface area contributed by atoms with Crippen LogP contribution in [-0.4, -0.2) is 22.6 Å². The summed E-state index contributed by atoms with van der Waals surface area (Å²) in [5, 5.41) is 19.4. The van der Waals surface area contributed by atoms with E-state index in [9.17, 15) is 14.7 Å². The van der Waals surface area contributed by atoms with E-state index in [0.29, 0.717) is 22.0 Å². The number of hydrazone groups is 1. The molecule has 0 saturated carbocycles. The van der Waals surface area contributed by atoms with Crippen molar-refractivity contribution in [1.29, 1.82) is 0 Å². The van der Waals surface area contributed by atoms with Crippen LogP contribution in [0.2, 0.25) is 5.02 Å². The maximum absolute atomic E-state index is 12.5. The highest BCUT2D eigenvalue weighted by Crippen LogP contribution is 2.25. The zero-order chi connectivity index (χ0) is 23.4. The number of amides is 2. The number of hydrogen-bond acceptors (Lipinski definition) is 4. The molecule has 0 saturated heterocycles. The van der Waals surface area contributed by atoms with Crippen LogP contribution in [0.1, 0.15) is 33.2 Å². The van der Waals surface area contributed by atoms with E-state index in [1.165, 1.54) is 0 Å². The summed E-state index contributed by atoms with van der Waals surface area (Å²) < 4.78 is 0. The monoisotopic (exact) mass is 457 g/mol. The van der Waals surface area contributed by atoms with Gasteiger partial charge in [0.25, 0.3) is 11.8 Å². The van der Waals surface area contributed by atoms with E-state index < -0.39 is 5.91 Å². The smallest absolute Gasteiger partial charge is 0.275 e. The van der Waals surface area contributed by atoms with Crippen molar-refractivity contribution in [3.63, 3.8) is 0 Å². The third-order valence-electron chi connectivity index (χ3n) is 5.10. The summed E-state index contributed by atoms with van der Waals surface area (Å²) in [7, 11) is 0. The first kappa shape index (κ1) is 22.0. The number of aromatic hydroxyl groups is 1. The average Bonchev–Trinajstić information content (AvgIpc) is 2.82. The molecule has 0 bridgehead atoms. The lowest BCUT2D eigenvalue weighted by atomic mass is 10.1. The molecule has 0 aliphatic heterocycles. The van der Waals surface area contributed by atoms with Gasteiger partial charge in [-0.3, -0.25) is 9.59 Å². The third-order valence-corrected chi connectivity index (χ3v) is 5.35. The Bertz CT molecular complexity index is 1360. The fourth-order valence-electron chi connectivity index (χ4n) is 3.27. The van der Waals surface area contributed by atoms with Gasteiger partial charge in [0.1, 0.15) is 5.75 Å². The maximum Gasteiger partial charge on any atom is 0.275 e. The number of nitrogens with one attached hydrogen (secondary N) is 2. The van der Waals surface area contributed by atoms with Crippen LogP contribution < -0.4 is 10.7 Å². The molecule has 0 heterocycles. The van der Waals surface area contributed by atoms with Gasteiger partial charge >= 0.3 is 0 Å². The van der Waals surface area contributed by atoms with Crippen molar-refractivity contribution in [2.45, 2.75) is 6.92 Å². The normalized spacial score (nSPS) is 11.3. The van der Waals surface area contributed by atoms with Gasteiger partial charge in [-0.25, -0.2) is 5.43 Å². The topological polar surface area (TPSA) is 90.8 Å². The van der Waals surface area contributed by atoms with Crippen LogP contribution in [-0.2, 0) is 0 Å². The average molecular weight is 458 g/mol. The third kappa shape index (κ3) is 5.19. The molecular formula is C26H20ClN3O3. The number of phenols is 1. The Morgan fingerprint density at radius 2 is 1.42 bits per heavy atom. The Kier molecular flexibility index (Phi) is 6.38. The second-order valence-electron chi connectivity index (χ2n) is 7.39. The van der Waals surface area contributed by atoms with Gasteiger partial charge in [-0.2, -0.15) is 5.10 Å². The number of fused-ring (bicyclic) bond motifs is 1. The van der Waals surface area contributed by atoms with E-state index in [0.717, 1.165) is 16.3 Å². The lowest BCUT2D eigenvalue weighted by molar-refractivity contribution is 0.0951. The Hall–Kier alpha value is -4.16. The fourth-order valence-corrected chi connectivity index (χ4v) is 3.39. The summed E-state index contributed by atoms with van der Waals surface area (Å²) in [6.07, 6.45) is 0. The molecule has 7 heteroatoms. The maximum atomic E-state index is 12.5. The molecule has 0 unspecified atom stereocenters. The second kappa shape index (κ2) is 9.54. The zero-order valence-corrected chi connectivity index (χ0v) is 18.4. The minimum absolute atomic E-state index is 0.111. The Morgan fingerprint density at radius 1 is 0.818 bits per heavy atom. The van der Waals surface area contributed by atoms with Crippen molar-refractivity contribution in [2.24, 2.45) is 5.10 Å². The SMILES string of the molecule is C/C(=N\NC(=O)c1cc2ccccc2cc1O)c1ccc(NC(=O)c2ccc(Cl)cc2)cc1. The highest BCUT2D eigenvalue weighted by Gasteiger charge is 2.12. The number of carbonyl (C=O) groups excluding carboxylic acids is 2. The van der Waals surface area contributed by atoms with Crippen LogP contribution in [0.4, 0.5) is 5.69 Å². The Labute approximate surface area is 195 Å². The molecule has 6 nitrogen and oxygen atoms in total. The fraction of sp³-hybridized carbons (Fsp3) is 0.0385. The molecule has 0 atom stereocenters. The molecule has 0 spiro atoms. The van der Waals surface area contributed by atoms with Gasteiger partial charge in [-0.15, -0.1) is 0 Å². The van der Waals surface area contributed by atoms with Crippen LogP contribution in [0.15, 0.2) is 90.0 Å². The Balaban J connectivity index is 1.42. The standard InChI is InChI=1S/C26H20ClN3O3/c1-16(29-30-26(33)23-14-19-4-2-3-5-20(19)15-24(23)31)17-8-12-22(13-9-17)28-25(32)18-6-10-21(27)11-7-18/h2-15,31H,1H3,(H,28,32)(H,30,33)/b29-16+. The van der Waals surface area contributed by atoms with Crippen LogP contribution in [0, 0.1) is 0 Å².